The molecule has 0 bridgehead atoms. The number of hydrogen-bond donors (Lipinski definition) is 1. The minimum Gasteiger partial charge on any atom is -0.486 e. The van der Waals surface area contributed by atoms with Crippen molar-refractivity contribution in [3.8, 4) is 17.1 Å². The summed E-state index contributed by atoms with van der Waals surface area (Å²) in [6.07, 6.45) is 1.67. The molecule has 0 aliphatic heterocycles. The lowest BCUT2D eigenvalue weighted by Gasteiger charge is -2.10. The van der Waals surface area contributed by atoms with Crippen LogP contribution in [0.4, 0.5) is 15.9 Å². The second-order valence-electron chi connectivity index (χ2n) is 6.27. The van der Waals surface area contributed by atoms with E-state index >= 15 is 0 Å². The Labute approximate surface area is 174 Å². The van der Waals surface area contributed by atoms with Crippen molar-refractivity contribution in [2.45, 2.75) is 6.61 Å². The summed E-state index contributed by atoms with van der Waals surface area (Å²) in [4.78, 5) is 22.7. The van der Waals surface area contributed by atoms with Gasteiger partial charge in [0.15, 0.2) is 5.82 Å². The number of benzene rings is 2. The summed E-state index contributed by atoms with van der Waals surface area (Å²) in [5.74, 6) is -0.370. The van der Waals surface area contributed by atoms with Crippen LogP contribution in [0.15, 0.2) is 54.7 Å². The van der Waals surface area contributed by atoms with E-state index in [0.717, 1.165) is 17.8 Å². The quantitative estimate of drug-likeness (QED) is 0.368. The van der Waals surface area contributed by atoms with E-state index in [-0.39, 0.29) is 29.2 Å². The zero-order chi connectivity index (χ0) is 21.3. The fraction of sp³-hybridized carbons (Fsp3) is 0.0500. The molecule has 8 nitrogen and oxygen atoms in total. The molecule has 2 aromatic carbocycles. The zero-order valence-corrected chi connectivity index (χ0v) is 16.0. The van der Waals surface area contributed by atoms with Gasteiger partial charge in [0, 0.05) is 29.3 Å². The average molecular weight is 426 g/mol. The van der Waals surface area contributed by atoms with Crippen molar-refractivity contribution in [3.05, 3.63) is 81.4 Å². The van der Waals surface area contributed by atoms with Gasteiger partial charge in [-0.15, -0.1) is 0 Å². The summed E-state index contributed by atoms with van der Waals surface area (Å²) in [6, 6.07) is 12.4. The fourth-order valence-electron chi connectivity index (χ4n) is 2.82. The average Bonchev–Trinajstić information content (AvgIpc) is 2.72. The van der Waals surface area contributed by atoms with E-state index in [1.807, 2.05) is 18.2 Å². The van der Waals surface area contributed by atoms with Crippen molar-refractivity contribution in [3.63, 3.8) is 0 Å². The van der Waals surface area contributed by atoms with Crippen LogP contribution in [0.1, 0.15) is 5.69 Å². The number of nitrogens with two attached hydrogens (primary N) is 1. The Bertz CT molecular complexity index is 1270. The third-order valence-electron chi connectivity index (χ3n) is 4.28. The molecule has 150 valence electrons. The van der Waals surface area contributed by atoms with Gasteiger partial charge in [0.1, 0.15) is 18.2 Å². The van der Waals surface area contributed by atoms with Gasteiger partial charge in [0.25, 0.3) is 0 Å². The number of nitrogens with zero attached hydrogens (tertiary/aromatic N) is 4. The molecule has 0 atom stereocenters. The van der Waals surface area contributed by atoms with Gasteiger partial charge in [-0.25, -0.2) is 9.97 Å². The number of rotatable bonds is 5. The highest BCUT2D eigenvalue weighted by atomic mass is 35.5. The predicted molar refractivity (Wildman–Crippen MR) is 110 cm³/mol. The van der Waals surface area contributed by atoms with Crippen LogP contribution in [0.2, 0.25) is 5.02 Å². The van der Waals surface area contributed by atoms with Gasteiger partial charge in [0.2, 0.25) is 5.82 Å². The number of fused-ring (bicyclic) bond motifs is 1. The molecule has 2 heterocycles. The van der Waals surface area contributed by atoms with Crippen LogP contribution < -0.4 is 10.5 Å². The zero-order valence-electron chi connectivity index (χ0n) is 15.3. The molecule has 4 aromatic rings. The first-order valence-corrected chi connectivity index (χ1v) is 9.04. The first-order valence-electron chi connectivity index (χ1n) is 8.66. The van der Waals surface area contributed by atoms with Crippen LogP contribution in [0, 0.1) is 15.9 Å². The number of pyridine rings is 1. The molecular weight excluding hydrogens is 413 g/mol. The van der Waals surface area contributed by atoms with Crippen molar-refractivity contribution in [1.82, 2.24) is 15.0 Å². The lowest BCUT2D eigenvalue weighted by Crippen LogP contribution is -2.01. The lowest BCUT2D eigenvalue weighted by molar-refractivity contribution is -0.387. The van der Waals surface area contributed by atoms with Gasteiger partial charge < -0.3 is 10.5 Å². The highest BCUT2D eigenvalue weighted by molar-refractivity contribution is 6.32. The third kappa shape index (κ3) is 3.83. The van der Waals surface area contributed by atoms with Crippen molar-refractivity contribution in [2.75, 3.05) is 5.73 Å². The SMILES string of the molecule is Nc1nc(-c2ccc(OCc3ccccn3)c(Cl)c2)nc2cc(F)c([N+](=O)[O-])cc12. The largest absolute Gasteiger partial charge is 0.486 e. The molecule has 0 aliphatic rings. The van der Waals surface area contributed by atoms with Gasteiger partial charge in [-0.2, -0.15) is 4.39 Å². The Morgan fingerprint density at radius 1 is 1.17 bits per heavy atom. The van der Waals surface area contributed by atoms with E-state index in [2.05, 4.69) is 15.0 Å². The summed E-state index contributed by atoms with van der Waals surface area (Å²) in [5, 5.41) is 11.4. The van der Waals surface area contributed by atoms with Gasteiger partial charge in [-0.1, -0.05) is 17.7 Å². The molecule has 4 rings (SSSR count). The van der Waals surface area contributed by atoms with Crippen LogP contribution in [0.25, 0.3) is 22.3 Å². The maximum Gasteiger partial charge on any atom is 0.305 e. The van der Waals surface area contributed by atoms with Crippen molar-refractivity contribution in [1.29, 1.82) is 0 Å². The minimum absolute atomic E-state index is 0.00954. The molecule has 0 saturated carbocycles. The number of ether oxygens (including phenoxy) is 1. The molecule has 30 heavy (non-hydrogen) atoms. The Morgan fingerprint density at radius 2 is 2.00 bits per heavy atom. The van der Waals surface area contributed by atoms with Crippen LogP contribution in [0.5, 0.6) is 5.75 Å². The number of nitrogen functional groups attached to an aromatic ring is 1. The standard InChI is InChI=1S/C20H13ClFN5O3/c21-14-7-11(4-5-18(14)30-10-12-3-1-2-6-24-12)20-25-16-9-15(22)17(27(28)29)8-13(16)19(23)26-20/h1-9H,10H2,(H2,23,25,26). The Hall–Kier alpha value is -3.85. The molecule has 0 unspecified atom stereocenters. The topological polar surface area (TPSA) is 117 Å². The number of halogens is 2. The molecule has 0 saturated heterocycles. The molecule has 2 aromatic heterocycles. The summed E-state index contributed by atoms with van der Waals surface area (Å²) >= 11 is 6.32. The van der Waals surface area contributed by atoms with Gasteiger partial charge >= 0.3 is 5.69 Å². The fourth-order valence-corrected chi connectivity index (χ4v) is 3.06. The van der Waals surface area contributed by atoms with E-state index in [9.17, 15) is 14.5 Å². The summed E-state index contributed by atoms with van der Waals surface area (Å²) in [7, 11) is 0. The molecule has 10 heteroatoms. The summed E-state index contributed by atoms with van der Waals surface area (Å²) < 4.78 is 19.7. The van der Waals surface area contributed by atoms with Crippen LogP contribution in [-0.2, 0) is 6.61 Å². The van der Waals surface area contributed by atoms with E-state index in [1.54, 1.807) is 24.4 Å². The molecule has 2 N–H and O–H groups in total. The molecule has 0 radical (unpaired) electrons. The van der Waals surface area contributed by atoms with Crippen molar-refractivity contribution >= 4 is 34.0 Å². The molecule has 0 amide bonds. The van der Waals surface area contributed by atoms with Crippen molar-refractivity contribution < 1.29 is 14.1 Å². The van der Waals surface area contributed by atoms with E-state index in [1.165, 1.54) is 0 Å². The first-order chi connectivity index (χ1) is 14.4. The number of hydrogen-bond acceptors (Lipinski definition) is 7. The maximum atomic E-state index is 14.0. The minimum atomic E-state index is -1.01. The summed E-state index contributed by atoms with van der Waals surface area (Å²) in [6.45, 7) is 0.247. The smallest absolute Gasteiger partial charge is 0.305 e. The van der Waals surface area contributed by atoms with Crippen LogP contribution >= 0.6 is 11.6 Å². The molecule has 0 fully saturated rings. The highest BCUT2D eigenvalue weighted by Gasteiger charge is 2.18. The highest BCUT2D eigenvalue weighted by Crippen LogP contribution is 2.32. The van der Waals surface area contributed by atoms with Gasteiger partial charge in [-0.05, 0) is 30.3 Å². The van der Waals surface area contributed by atoms with E-state index < -0.39 is 16.4 Å². The summed E-state index contributed by atoms with van der Waals surface area (Å²) in [5.41, 5.74) is 6.66. The molecular formula is C20H13ClFN5O3. The number of nitro groups is 1. The van der Waals surface area contributed by atoms with Gasteiger partial charge in [0.05, 0.1) is 21.2 Å². The Morgan fingerprint density at radius 3 is 2.70 bits per heavy atom. The number of nitro benzene ring substituents is 1. The van der Waals surface area contributed by atoms with Crippen LogP contribution in [0.3, 0.4) is 0 Å². The monoisotopic (exact) mass is 425 g/mol. The second-order valence-corrected chi connectivity index (χ2v) is 6.67. The third-order valence-corrected chi connectivity index (χ3v) is 4.58. The molecule has 0 spiro atoms. The Kier molecular flexibility index (Phi) is 5.11. The van der Waals surface area contributed by atoms with E-state index in [4.69, 9.17) is 22.1 Å². The normalized spacial score (nSPS) is 10.9. The number of anilines is 1. The Balaban J connectivity index is 1.65. The second kappa shape index (κ2) is 7.88. The first kappa shape index (κ1) is 19.5. The van der Waals surface area contributed by atoms with Crippen molar-refractivity contribution in [2.24, 2.45) is 0 Å². The lowest BCUT2D eigenvalue weighted by atomic mass is 10.1. The van der Waals surface area contributed by atoms with Gasteiger partial charge in [-0.3, -0.25) is 15.1 Å². The predicted octanol–water partition coefficient (Wildman–Crippen LogP) is 4.55. The van der Waals surface area contributed by atoms with Crippen LogP contribution in [-0.4, -0.2) is 19.9 Å². The maximum absolute atomic E-state index is 14.0. The number of aromatic nitrogens is 3. The molecule has 0 aliphatic carbocycles. The van der Waals surface area contributed by atoms with E-state index in [0.29, 0.717) is 16.3 Å².